The van der Waals surface area contributed by atoms with Crippen molar-refractivity contribution in [3.63, 3.8) is 0 Å². The highest BCUT2D eigenvalue weighted by atomic mass is 16.5. The molecule has 1 rings (SSSR count). The standard InChI is InChI=1S/C17H30O2/c1-4-5-6-7-8-15-9-11-16(12-10-15)13-19-17(18)14(2)3/h15-16H,2,4-13H2,1,3H3. The van der Waals surface area contributed by atoms with Gasteiger partial charge in [0.2, 0.25) is 0 Å². The molecule has 0 aromatic carbocycles. The van der Waals surface area contributed by atoms with Crippen molar-refractivity contribution in [2.24, 2.45) is 11.8 Å². The van der Waals surface area contributed by atoms with Gasteiger partial charge in [-0.3, -0.25) is 0 Å². The van der Waals surface area contributed by atoms with Gasteiger partial charge < -0.3 is 4.74 Å². The summed E-state index contributed by atoms with van der Waals surface area (Å²) in [5.74, 6) is 1.27. The molecule has 1 fully saturated rings. The van der Waals surface area contributed by atoms with E-state index in [1.165, 1.54) is 57.8 Å². The zero-order valence-corrected chi connectivity index (χ0v) is 12.7. The van der Waals surface area contributed by atoms with Gasteiger partial charge in [0.1, 0.15) is 0 Å². The maximum absolute atomic E-state index is 11.3. The molecule has 19 heavy (non-hydrogen) atoms. The largest absolute Gasteiger partial charge is 0.462 e. The summed E-state index contributed by atoms with van der Waals surface area (Å²) in [6, 6.07) is 0. The van der Waals surface area contributed by atoms with E-state index < -0.39 is 0 Å². The first-order valence-electron chi connectivity index (χ1n) is 7.96. The van der Waals surface area contributed by atoms with Crippen LogP contribution in [0.4, 0.5) is 0 Å². The number of esters is 1. The second-order valence-corrected chi connectivity index (χ2v) is 6.11. The van der Waals surface area contributed by atoms with Crippen molar-refractivity contribution in [1.29, 1.82) is 0 Å². The van der Waals surface area contributed by atoms with E-state index in [1.807, 2.05) is 0 Å². The molecule has 110 valence electrons. The molecule has 0 unspecified atom stereocenters. The molecule has 0 aromatic rings. The summed E-state index contributed by atoms with van der Waals surface area (Å²) >= 11 is 0. The maximum Gasteiger partial charge on any atom is 0.333 e. The summed E-state index contributed by atoms with van der Waals surface area (Å²) in [6.07, 6.45) is 12.0. The van der Waals surface area contributed by atoms with E-state index in [2.05, 4.69) is 13.5 Å². The molecule has 2 heteroatoms. The van der Waals surface area contributed by atoms with E-state index in [0.29, 0.717) is 18.1 Å². The number of unbranched alkanes of at least 4 members (excludes halogenated alkanes) is 3. The molecule has 1 aliphatic carbocycles. The molecule has 0 amide bonds. The minimum atomic E-state index is -0.235. The molecule has 0 bridgehead atoms. The van der Waals surface area contributed by atoms with E-state index in [9.17, 15) is 4.79 Å². The average molecular weight is 266 g/mol. The number of ether oxygens (including phenoxy) is 1. The fraction of sp³-hybridized carbons (Fsp3) is 0.824. The van der Waals surface area contributed by atoms with Crippen LogP contribution in [0.3, 0.4) is 0 Å². The summed E-state index contributed by atoms with van der Waals surface area (Å²) in [7, 11) is 0. The van der Waals surface area contributed by atoms with Crippen molar-refractivity contribution < 1.29 is 9.53 Å². The number of carbonyl (C=O) groups is 1. The third-order valence-electron chi connectivity index (χ3n) is 4.23. The minimum Gasteiger partial charge on any atom is -0.462 e. The first-order chi connectivity index (χ1) is 9.13. The lowest BCUT2D eigenvalue weighted by Crippen LogP contribution is -2.20. The number of hydrogen-bond acceptors (Lipinski definition) is 2. The normalized spacial score (nSPS) is 23.1. The van der Waals surface area contributed by atoms with Gasteiger partial charge in [-0.25, -0.2) is 4.79 Å². The van der Waals surface area contributed by atoms with E-state index >= 15 is 0 Å². The van der Waals surface area contributed by atoms with Gasteiger partial charge in [0.05, 0.1) is 6.61 Å². The van der Waals surface area contributed by atoms with Crippen LogP contribution in [0.1, 0.15) is 71.6 Å². The molecule has 0 spiro atoms. The summed E-state index contributed by atoms with van der Waals surface area (Å²) in [5, 5.41) is 0. The van der Waals surface area contributed by atoms with Crippen molar-refractivity contribution in [2.75, 3.05) is 6.61 Å². The molecular weight excluding hydrogens is 236 g/mol. The lowest BCUT2D eigenvalue weighted by atomic mass is 9.80. The molecule has 0 heterocycles. The third kappa shape index (κ3) is 6.79. The Morgan fingerprint density at radius 1 is 1.11 bits per heavy atom. The molecule has 1 aliphatic rings. The molecule has 0 N–H and O–H groups in total. The zero-order valence-electron chi connectivity index (χ0n) is 12.7. The van der Waals surface area contributed by atoms with Crippen LogP contribution < -0.4 is 0 Å². The molecule has 0 radical (unpaired) electrons. The smallest absolute Gasteiger partial charge is 0.333 e. The minimum absolute atomic E-state index is 0.235. The average Bonchev–Trinajstić information content (AvgIpc) is 2.42. The zero-order chi connectivity index (χ0) is 14.1. The second kappa shape index (κ2) is 9.17. The van der Waals surface area contributed by atoms with Crippen molar-refractivity contribution in [2.45, 2.75) is 71.6 Å². The Kier molecular flexibility index (Phi) is 7.85. The highest BCUT2D eigenvalue weighted by Gasteiger charge is 2.21. The van der Waals surface area contributed by atoms with Crippen molar-refractivity contribution in [3.8, 4) is 0 Å². The Bertz CT molecular complexity index is 275. The van der Waals surface area contributed by atoms with Crippen LogP contribution >= 0.6 is 0 Å². The van der Waals surface area contributed by atoms with Gasteiger partial charge in [-0.05, 0) is 31.6 Å². The van der Waals surface area contributed by atoms with Gasteiger partial charge in [-0.15, -0.1) is 0 Å². The van der Waals surface area contributed by atoms with E-state index in [4.69, 9.17) is 4.74 Å². The van der Waals surface area contributed by atoms with Gasteiger partial charge in [0.15, 0.2) is 0 Å². The molecule has 1 saturated carbocycles. The Labute approximate surface area is 118 Å². The van der Waals surface area contributed by atoms with Crippen LogP contribution in [0.5, 0.6) is 0 Å². The van der Waals surface area contributed by atoms with Crippen LogP contribution in [0.2, 0.25) is 0 Å². The van der Waals surface area contributed by atoms with Gasteiger partial charge >= 0.3 is 5.97 Å². The van der Waals surface area contributed by atoms with Gasteiger partial charge in [0, 0.05) is 5.57 Å². The number of hydrogen-bond donors (Lipinski definition) is 0. The topological polar surface area (TPSA) is 26.3 Å². The predicted molar refractivity (Wildman–Crippen MR) is 80.0 cm³/mol. The van der Waals surface area contributed by atoms with Crippen LogP contribution in [-0.4, -0.2) is 12.6 Å². The van der Waals surface area contributed by atoms with Crippen molar-refractivity contribution >= 4 is 5.97 Å². The molecule has 0 aliphatic heterocycles. The number of rotatable bonds is 8. The highest BCUT2D eigenvalue weighted by molar-refractivity contribution is 5.86. The lowest BCUT2D eigenvalue weighted by Gasteiger charge is -2.28. The summed E-state index contributed by atoms with van der Waals surface area (Å²) in [6.45, 7) is 8.16. The monoisotopic (exact) mass is 266 g/mol. The molecule has 0 saturated heterocycles. The summed E-state index contributed by atoms with van der Waals surface area (Å²) in [4.78, 5) is 11.3. The van der Waals surface area contributed by atoms with Crippen LogP contribution in [0.25, 0.3) is 0 Å². The third-order valence-corrected chi connectivity index (χ3v) is 4.23. The Morgan fingerprint density at radius 3 is 2.32 bits per heavy atom. The first-order valence-corrected chi connectivity index (χ1v) is 7.96. The van der Waals surface area contributed by atoms with E-state index in [1.54, 1.807) is 6.92 Å². The Morgan fingerprint density at radius 2 is 1.74 bits per heavy atom. The Hall–Kier alpha value is -0.790. The van der Waals surface area contributed by atoms with Crippen molar-refractivity contribution in [1.82, 2.24) is 0 Å². The first kappa shape index (κ1) is 16.3. The van der Waals surface area contributed by atoms with Gasteiger partial charge in [0.25, 0.3) is 0 Å². The fourth-order valence-electron chi connectivity index (χ4n) is 2.86. The summed E-state index contributed by atoms with van der Waals surface area (Å²) in [5.41, 5.74) is 0.504. The fourth-order valence-corrected chi connectivity index (χ4v) is 2.86. The van der Waals surface area contributed by atoms with Crippen LogP contribution in [0, 0.1) is 11.8 Å². The van der Waals surface area contributed by atoms with E-state index in [0.717, 1.165) is 5.92 Å². The quantitative estimate of drug-likeness (QED) is 0.355. The molecule has 2 nitrogen and oxygen atoms in total. The molecule has 0 atom stereocenters. The van der Waals surface area contributed by atoms with Gasteiger partial charge in [-0.2, -0.15) is 0 Å². The molecule has 0 aromatic heterocycles. The van der Waals surface area contributed by atoms with Crippen LogP contribution in [0.15, 0.2) is 12.2 Å². The number of carbonyl (C=O) groups excluding carboxylic acids is 1. The lowest BCUT2D eigenvalue weighted by molar-refractivity contribution is -0.140. The highest BCUT2D eigenvalue weighted by Crippen LogP contribution is 2.32. The van der Waals surface area contributed by atoms with Gasteiger partial charge in [-0.1, -0.05) is 58.4 Å². The maximum atomic E-state index is 11.3. The van der Waals surface area contributed by atoms with E-state index in [-0.39, 0.29) is 5.97 Å². The Balaban J connectivity index is 2.08. The van der Waals surface area contributed by atoms with Crippen LogP contribution in [-0.2, 0) is 9.53 Å². The molecular formula is C17H30O2. The second-order valence-electron chi connectivity index (χ2n) is 6.11. The SMILES string of the molecule is C=C(C)C(=O)OCC1CCC(CCCCCC)CC1. The predicted octanol–water partition coefficient (Wildman–Crippen LogP) is 4.88. The van der Waals surface area contributed by atoms with Crippen molar-refractivity contribution in [3.05, 3.63) is 12.2 Å². The summed E-state index contributed by atoms with van der Waals surface area (Å²) < 4.78 is 5.25.